The predicted octanol–water partition coefficient (Wildman–Crippen LogP) is 4.10. The first-order valence-corrected chi connectivity index (χ1v) is 9.16. The van der Waals surface area contributed by atoms with Gasteiger partial charge in [-0.3, -0.25) is 4.79 Å². The molecule has 0 aromatic heterocycles. The van der Waals surface area contributed by atoms with Gasteiger partial charge in [-0.15, -0.1) is 35.3 Å². The van der Waals surface area contributed by atoms with Crippen LogP contribution >= 0.6 is 47.0 Å². The van der Waals surface area contributed by atoms with Crippen LogP contribution in [0, 0.1) is 0 Å². The first-order valence-electron chi connectivity index (χ1n) is 5.24. The van der Waals surface area contributed by atoms with E-state index in [2.05, 4.69) is 20.4 Å². The zero-order valence-corrected chi connectivity index (χ0v) is 13.2. The van der Waals surface area contributed by atoms with Crippen LogP contribution in [-0.2, 0) is 4.79 Å². The van der Waals surface area contributed by atoms with Crippen LogP contribution in [0.4, 0.5) is 0 Å². The maximum atomic E-state index is 11.4. The first kappa shape index (κ1) is 14.9. The summed E-state index contributed by atoms with van der Waals surface area (Å²) in [4.78, 5) is 11.4. The first-order chi connectivity index (χ1) is 7.49. The standard InChI is InChI=1S/C11H18OS4/c1-7(2)11(12)15-8(3)5-14-10-6-13-9(4)16-10/h8-10H,1,5-6H2,2-4H3. The SMILES string of the molecule is C=C(C)C(=O)SC(C)CSC1CSC(C)S1. The molecule has 1 fully saturated rings. The summed E-state index contributed by atoms with van der Waals surface area (Å²) in [6.07, 6.45) is 0. The number of carbonyl (C=O) groups excluding carboxylic acids is 1. The number of hydrogen-bond acceptors (Lipinski definition) is 5. The van der Waals surface area contributed by atoms with Crippen molar-refractivity contribution in [1.29, 1.82) is 0 Å². The van der Waals surface area contributed by atoms with Gasteiger partial charge in [0.05, 0.1) is 4.58 Å². The second-order valence-corrected chi connectivity index (χ2v) is 9.96. The molecule has 1 heterocycles. The Morgan fingerprint density at radius 1 is 1.62 bits per heavy atom. The average Bonchev–Trinajstić information content (AvgIpc) is 2.61. The van der Waals surface area contributed by atoms with Gasteiger partial charge in [-0.1, -0.05) is 25.3 Å². The van der Waals surface area contributed by atoms with Crippen LogP contribution in [0.5, 0.6) is 0 Å². The van der Waals surface area contributed by atoms with E-state index in [-0.39, 0.29) is 5.12 Å². The normalized spacial score (nSPS) is 26.7. The van der Waals surface area contributed by atoms with Crippen LogP contribution < -0.4 is 0 Å². The molecule has 1 nitrogen and oxygen atoms in total. The van der Waals surface area contributed by atoms with Gasteiger partial charge in [0.2, 0.25) is 5.12 Å². The molecule has 0 aromatic rings. The Kier molecular flexibility index (Phi) is 6.77. The number of carbonyl (C=O) groups is 1. The van der Waals surface area contributed by atoms with E-state index in [1.165, 1.54) is 17.5 Å². The largest absolute Gasteiger partial charge is 0.282 e. The summed E-state index contributed by atoms with van der Waals surface area (Å²) < 4.78 is 1.44. The Bertz CT molecular complexity index is 267. The molecular weight excluding hydrogens is 276 g/mol. The second-order valence-electron chi connectivity index (χ2n) is 3.80. The highest BCUT2D eigenvalue weighted by atomic mass is 32.2. The van der Waals surface area contributed by atoms with Crippen molar-refractivity contribution in [2.24, 2.45) is 0 Å². The van der Waals surface area contributed by atoms with E-state index in [9.17, 15) is 4.79 Å². The molecule has 16 heavy (non-hydrogen) atoms. The topological polar surface area (TPSA) is 17.1 Å². The highest BCUT2D eigenvalue weighted by Gasteiger charge is 2.23. The van der Waals surface area contributed by atoms with Crippen LogP contribution in [0.25, 0.3) is 0 Å². The molecule has 0 amide bonds. The molecule has 92 valence electrons. The third kappa shape index (κ3) is 5.43. The molecule has 0 radical (unpaired) electrons. The van der Waals surface area contributed by atoms with Gasteiger partial charge in [0.1, 0.15) is 0 Å². The maximum absolute atomic E-state index is 11.4. The van der Waals surface area contributed by atoms with Crippen molar-refractivity contribution in [2.75, 3.05) is 11.5 Å². The molecule has 0 aromatic carbocycles. The minimum absolute atomic E-state index is 0.134. The molecule has 0 N–H and O–H groups in total. The summed E-state index contributed by atoms with van der Waals surface area (Å²) in [7, 11) is 0. The van der Waals surface area contributed by atoms with Crippen molar-refractivity contribution >= 4 is 52.2 Å². The van der Waals surface area contributed by atoms with Crippen LogP contribution in [0.15, 0.2) is 12.2 Å². The molecule has 1 aliphatic heterocycles. The molecule has 0 aliphatic carbocycles. The van der Waals surface area contributed by atoms with Gasteiger partial charge in [-0.2, -0.15) is 0 Å². The fourth-order valence-electron chi connectivity index (χ4n) is 1.15. The molecule has 1 saturated heterocycles. The minimum Gasteiger partial charge on any atom is -0.282 e. The zero-order valence-electron chi connectivity index (χ0n) is 9.89. The Hall–Kier alpha value is 0.810. The molecule has 0 bridgehead atoms. The van der Waals surface area contributed by atoms with Crippen LogP contribution in [0.1, 0.15) is 20.8 Å². The Labute approximate surface area is 115 Å². The molecule has 0 saturated carbocycles. The third-order valence-electron chi connectivity index (χ3n) is 1.98. The van der Waals surface area contributed by atoms with Gasteiger partial charge < -0.3 is 0 Å². The summed E-state index contributed by atoms with van der Waals surface area (Å²) in [5.74, 6) is 2.29. The summed E-state index contributed by atoms with van der Waals surface area (Å²) in [6.45, 7) is 9.83. The van der Waals surface area contributed by atoms with Crippen molar-refractivity contribution in [3.63, 3.8) is 0 Å². The summed E-state index contributed by atoms with van der Waals surface area (Å²) in [6, 6.07) is 0. The lowest BCUT2D eigenvalue weighted by atomic mass is 10.4. The summed E-state index contributed by atoms with van der Waals surface area (Å²) >= 11 is 7.48. The zero-order chi connectivity index (χ0) is 12.1. The lowest BCUT2D eigenvalue weighted by Crippen LogP contribution is -2.08. The summed E-state index contributed by atoms with van der Waals surface area (Å²) in [5.41, 5.74) is 0.654. The van der Waals surface area contributed by atoms with E-state index in [1.807, 2.05) is 35.3 Å². The Morgan fingerprint density at radius 3 is 2.81 bits per heavy atom. The van der Waals surface area contributed by atoms with Crippen molar-refractivity contribution in [3.8, 4) is 0 Å². The van der Waals surface area contributed by atoms with Gasteiger partial charge in [0, 0.05) is 21.3 Å². The molecular formula is C11H18OS4. The fourth-order valence-corrected chi connectivity index (χ4v) is 6.95. The highest BCUT2D eigenvalue weighted by molar-refractivity contribution is 8.28. The Balaban J connectivity index is 2.17. The lowest BCUT2D eigenvalue weighted by Gasteiger charge is -2.12. The van der Waals surface area contributed by atoms with Gasteiger partial charge in [-0.25, -0.2) is 0 Å². The van der Waals surface area contributed by atoms with E-state index in [0.717, 1.165) is 10.3 Å². The lowest BCUT2D eigenvalue weighted by molar-refractivity contribution is -0.107. The second kappa shape index (κ2) is 7.29. The monoisotopic (exact) mass is 294 g/mol. The van der Waals surface area contributed by atoms with E-state index in [1.54, 1.807) is 6.92 Å². The highest BCUT2D eigenvalue weighted by Crippen LogP contribution is 2.43. The van der Waals surface area contributed by atoms with Gasteiger partial charge >= 0.3 is 0 Å². The number of thioether (sulfide) groups is 4. The van der Waals surface area contributed by atoms with Gasteiger partial charge in [-0.05, 0) is 19.4 Å². The molecule has 1 aliphatic rings. The van der Waals surface area contributed by atoms with Crippen LogP contribution in [0.2, 0.25) is 0 Å². The molecule has 5 heteroatoms. The van der Waals surface area contributed by atoms with Crippen molar-refractivity contribution in [2.45, 2.75) is 35.2 Å². The minimum atomic E-state index is 0.134. The smallest absolute Gasteiger partial charge is 0.214 e. The van der Waals surface area contributed by atoms with Crippen LogP contribution in [-0.4, -0.2) is 31.0 Å². The van der Waals surface area contributed by atoms with Gasteiger partial charge in [0.15, 0.2) is 0 Å². The Morgan fingerprint density at radius 2 is 2.31 bits per heavy atom. The van der Waals surface area contributed by atoms with Crippen LogP contribution in [0.3, 0.4) is 0 Å². The average molecular weight is 295 g/mol. The fraction of sp³-hybridized carbons (Fsp3) is 0.727. The van der Waals surface area contributed by atoms with E-state index in [4.69, 9.17) is 0 Å². The predicted molar refractivity (Wildman–Crippen MR) is 82.6 cm³/mol. The molecule has 0 spiro atoms. The van der Waals surface area contributed by atoms with Gasteiger partial charge in [0.25, 0.3) is 0 Å². The number of hydrogen-bond donors (Lipinski definition) is 0. The van der Waals surface area contributed by atoms with E-state index < -0.39 is 0 Å². The number of rotatable bonds is 5. The van der Waals surface area contributed by atoms with Crippen molar-refractivity contribution < 1.29 is 4.79 Å². The van der Waals surface area contributed by atoms with Crippen molar-refractivity contribution in [3.05, 3.63) is 12.2 Å². The quantitative estimate of drug-likeness (QED) is 0.708. The van der Waals surface area contributed by atoms with Crippen molar-refractivity contribution in [1.82, 2.24) is 0 Å². The molecule has 3 unspecified atom stereocenters. The van der Waals surface area contributed by atoms with E-state index in [0.29, 0.717) is 15.4 Å². The molecule has 1 rings (SSSR count). The maximum Gasteiger partial charge on any atom is 0.214 e. The third-order valence-corrected chi connectivity index (χ3v) is 8.31. The van der Waals surface area contributed by atoms with E-state index >= 15 is 0 Å². The molecule has 3 atom stereocenters. The summed E-state index contributed by atoms with van der Waals surface area (Å²) in [5, 5.41) is 0.519.